The Labute approximate surface area is 118 Å². The molecule has 1 aromatic carbocycles. The smallest absolute Gasteiger partial charge is 0.255 e. The second-order valence-corrected chi connectivity index (χ2v) is 5.52. The molecule has 2 rings (SSSR count). The van der Waals surface area contributed by atoms with Crippen LogP contribution in [0.25, 0.3) is 0 Å². The van der Waals surface area contributed by atoms with E-state index in [1.54, 1.807) is 18.0 Å². The first-order valence-corrected chi connectivity index (χ1v) is 6.81. The highest BCUT2D eigenvalue weighted by Crippen LogP contribution is 2.24. The largest absolute Gasteiger partial charge is 0.508 e. The first-order chi connectivity index (χ1) is 8.99. The van der Waals surface area contributed by atoms with E-state index >= 15 is 0 Å². The van der Waals surface area contributed by atoms with Crippen molar-refractivity contribution in [2.75, 3.05) is 27.2 Å². The quantitative estimate of drug-likeness (QED) is 0.904. The number of carbonyl (C=O) groups is 1. The molecule has 0 spiro atoms. The molecular formula is C14H19ClN2O2. The molecule has 0 saturated carbocycles. The van der Waals surface area contributed by atoms with Gasteiger partial charge in [-0.2, -0.15) is 0 Å². The average molecular weight is 283 g/mol. The van der Waals surface area contributed by atoms with Crippen LogP contribution in [0.1, 0.15) is 23.2 Å². The summed E-state index contributed by atoms with van der Waals surface area (Å²) in [6.07, 6.45) is 1.93. The van der Waals surface area contributed by atoms with Gasteiger partial charge in [-0.3, -0.25) is 4.79 Å². The fourth-order valence-electron chi connectivity index (χ4n) is 2.42. The molecule has 0 radical (unpaired) electrons. The number of hydrogen-bond donors (Lipinski definition) is 1. The maximum atomic E-state index is 12.4. The molecular weight excluding hydrogens is 264 g/mol. The molecule has 0 atom stereocenters. The Bertz CT molecular complexity index is 471. The lowest BCUT2D eigenvalue weighted by molar-refractivity contribution is 0.0659. The Morgan fingerprint density at radius 1 is 1.42 bits per heavy atom. The Morgan fingerprint density at radius 3 is 2.68 bits per heavy atom. The highest BCUT2D eigenvalue weighted by Gasteiger charge is 2.25. The SMILES string of the molecule is CN1CCC(N(C)C(=O)c2cc(O)ccc2Cl)CC1. The number of aromatic hydroxyl groups is 1. The zero-order chi connectivity index (χ0) is 14.0. The topological polar surface area (TPSA) is 43.8 Å². The number of rotatable bonds is 2. The van der Waals surface area contributed by atoms with Crippen LogP contribution in [-0.4, -0.2) is 54.0 Å². The van der Waals surface area contributed by atoms with Crippen molar-refractivity contribution in [1.29, 1.82) is 0 Å². The minimum Gasteiger partial charge on any atom is -0.508 e. The molecule has 5 heteroatoms. The lowest BCUT2D eigenvalue weighted by atomic mass is 10.0. The monoisotopic (exact) mass is 282 g/mol. The number of hydrogen-bond acceptors (Lipinski definition) is 3. The molecule has 1 aliphatic heterocycles. The van der Waals surface area contributed by atoms with Gasteiger partial charge in [0, 0.05) is 13.1 Å². The lowest BCUT2D eigenvalue weighted by Gasteiger charge is -2.35. The summed E-state index contributed by atoms with van der Waals surface area (Å²) in [7, 11) is 3.89. The zero-order valence-electron chi connectivity index (χ0n) is 11.3. The molecule has 1 saturated heterocycles. The lowest BCUT2D eigenvalue weighted by Crippen LogP contribution is -2.44. The molecule has 1 fully saturated rings. The third-order valence-corrected chi connectivity index (χ3v) is 4.07. The van der Waals surface area contributed by atoms with Gasteiger partial charge in [0.25, 0.3) is 5.91 Å². The van der Waals surface area contributed by atoms with Gasteiger partial charge >= 0.3 is 0 Å². The van der Waals surface area contributed by atoms with Crippen LogP contribution in [0, 0.1) is 0 Å². The maximum Gasteiger partial charge on any atom is 0.255 e. The van der Waals surface area contributed by atoms with Crippen molar-refractivity contribution < 1.29 is 9.90 Å². The molecule has 1 aliphatic rings. The van der Waals surface area contributed by atoms with Crippen LogP contribution in [0.15, 0.2) is 18.2 Å². The Kier molecular flexibility index (Phi) is 4.32. The van der Waals surface area contributed by atoms with Crippen LogP contribution < -0.4 is 0 Å². The van der Waals surface area contributed by atoms with Crippen molar-refractivity contribution in [2.24, 2.45) is 0 Å². The summed E-state index contributed by atoms with van der Waals surface area (Å²) in [6, 6.07) is 4.69. The average Bonchev–Trinajstić information content (AvgIpc) is 2.41. The van der Waals surface area contributed by atoms with Crippen molar-refractivity contribution in [2.45, 2.75) is 18.9 Å². The molecule has 0 unspecified atom stereocenters. The van der Waals surface area contributed by atoms with E-state index < -0.39 is 0 Å². The Morgan fingerprint density at radius 2 is 2.05 bits per heavy atom. The molecule has 0 aliphatic carbocycles. The number of nitrogens with zero attached hydrogens (tertiary/aromatic N) is 2. The molecule has 0 bridgehead atoms. The summed E-state index contributed by atoms with van der Waals surface area (Å²) in [6.45, 7) is 1.99. The molecule has 104 valence electrons. The van der Waals surface area contributed by atoms with Gasteiger partial charge < -0.3 is 14.9 Å². The molecule has 19 heavy (non-hydrogen) atoms. The number of piperidine rings is 1. The van der Waals surface area contributed by atoms with E-state index in [1.807, 2.05) is 0 Å². The normalized spacial score (nSPS) is 17.4. The van der Waals surface area contributed by atoms with E-state index in [-0.39, 0.29) is 17.7 Å². The van der Waals surface area contributed by atoms with Gasteiger partial charge in [0.05, 0.1) is 10.6 Å². The van der Waals surface area contributed by atoms with Gasteiger partial charge in [-0.1, -0.05) is 11.6 Å². The number of likely N-dealkylation sites (tertiary alicyclic amines) is 1. The fraction of sp³-hybridized carbons (Fsp3) is 0.500. The van der Waals surface area contributed by atoms with Crippen LogP contribution in [-0.2, 0) is 0 Å². The zero-order valence-corrected chi connectivity index (χ0v) is 12.0. The van der Waals surface area contributed by atoms with Crippen LogP contribution in [0.2, 0.25) is 5.02 Å². The highest BCUT2D eigenvalue weighted by atomic mass is 35.5. The van der Waals surface area contributed by atoms with Crippen LogP contribution in [0.5, 0.6) is 5.75 Å². The van der Waals surface area contributed by atoms with Crippen molar-refractivity contribution in [3.05, 3.63) is 28.8 Å². The van der Waals surface area contributed by atoms with Gasteiger partial charge in [0.2, 0.25) is 0 Å². The fourth-order valence-corrected chi connectivity index (χ4v) is 2.61. The minimum absolute atomic E-state index is 0.0597. The summed E-state index contributed by atoms with van der Waals surface area (Å²) < 4.78 is 0. The number of amides is 1. The molecule has 0 aromatic heterocycles. The van der Waals surface area contributed by atoms with Gasteiger partial charge in [0.1, 0.15) is 5.75 Å². The minimum atomic E-state index is -0.129. The maximum absolute atomic E-state index is 12.4. The van der Waals surface area contributed by atoms with E-state index in [0.29, 0.717) is 10.6 Å². The van der Waals surface area contributed by atoms with E-state index in [1.165, 1.54) is 12.1 Å². The Balaban J connectivity index is 2.12. The van der Waals surface area contributed by atoms with Crippen LogP contribution in [0.4, 0.5) is 0 Å². The second kappa shape index (κ2) is 5.80. The van der Waals surface area contributed by atoms with E-state index in [4.69, 9.17) is 11.6 Å². The molecule has 1 heterocycles. The first kappa shape index (κ1) is 14.2. The predicted molar refractivity (Wildman–Crippen MR) is 75.7 cm³/mol. The van der Waals surface area contributed by atoms with Crippen LogP contribution >= 0.6 is 11.6 Å². The van der Waals surface area contributed by atoms with Gasteiger partial charge in [-0.05, 0) is 51.2 Å². The molecule has 1 amide bonds. The van der Waals surface area contributed by atoms with E-state index in [2.05, 4.69) is 11.9 Å². The number of halogens is 1. The van der Waals surface area contributed by atoms with Gasteiger partial charge in [0.15, 0.2) is 0 Å². The second-order valence-electron chi connectivity index (χ2n) is 5.11. The molecule has 1 aromatic rings. The van der Waals surface area contributed by atoms with Gasteiger partial charge in [-0.15, -0.1) is 0 Å². The summed E-state index contributed by atoms with van der Waals surface area (Å²) >= 11 is 6.03. The third kappa shape index (κ3) is 3.19. The summed E-state index contributed by atoms with van der Waals surface area (Å²) in [5, 5.41) is 9.85. The van der Waals surface area contributed by atoms with E-state index in [9.17, 15) is 9.90 Å². The van der Waals surface area contributed by atoms with Crippen molar-refractivity contribution in [3.63, 3.8) is 0 Å². The molecule has 1 N–H and O–H groups in total. The van der Waals surface area contributed by atoms with Gasteiger partial charge in [-0.25, -0.2) is 0 Å². The third-order valence-electron chi connectivity index (χ3n) is 3.74. The van der Waals surface area contributed by atoms with Crippen LogP contribution in [0.3, 0.4) is 0 Å². The number of carbonyl (C=O) groups excluding carboxylic acids is 1. The Hall–Kier alpha value is -1.26. The standard InChI is InChI=1S/C14H19ClN2O2/c1-16-7-5-10(6-8-16)17(2)14(19)12-9-11(18)3-4-13(12)15/h3-4,9-10,18H,5-8H2,1-2H3. The number of benzene rings is 1. The summed E-state index contributed by atoms with van der Waals surface area (Å²) in [4.78, 5) is 16.4. The summed E-state index contributed by atoms with van der Waals surface area (Å²) in [5.41, 5.74) is 0.364. The number of phenols is 1. The first-order valence-electron chi connectivity index (χ1n) is 6.43. The molecule has 4 nitrogen and oxygen atoms in total. The number of phenolic OH excluding ortho intramolecular Hbond substituents is 1. The predicted octanol–water partition coefficient (Wildman–Crippen LogP) is 2.21. The van der Waals surface area contributed by atoms with E-state index in [0.717, 1.165) is 25.9 Å². The highest BCUT2D eigenvalue weighted by molar-refractivity contribution is 6.33. The van der Waals surface area contributed by atoms with Crippen molar-refractivity contribution in [3.8, 4) is 5.75 Å². The van der Waals surface area contributed by atoms with Crippen molar-refractivity contribution in [1.82, 2.24) is 9.80 Å². The summed E-state index contributed by atoms with van der Waals surface area (Å²) in [5.74, 6) is -0.0695. The van der Waals surface area contributed by atoms with Crippen molar-refractivity contribution >= 4 is 17.5 Å².